The van der Waals surface area contributed by atoms with Crippen LogP contribution in [0.4, 0.5) is 0 Å². The molecule has 12 heteroatoms. The van der Waals surface area contributed by atoms with E-state index in [9.17, 15) is 34.5 Å². The first-order chi connectivity index (χ1) is 36.6. The first-order valence-electron chi connectivity index (χ1n) is 29.9. The third-order valence-electron chi connectivity index (χ3n) is 13.3. The van der Waals surface area contributed by atoms with Gasteiger partial charge in [0.2, 0.25) is 0 Å². The van der Waals surface area contributed by atoms with Crippen molar-refractivity contribution >= 4 is 23.9 Å². The summed E-state index contributed by atoms with van der Waals surface area (Å²) >= 11 is 0. The fraction of sp³-hybridized carbons (Fsp3) is 0.746. The maximum absolute atomic E-state index is 13.1. The largest absolute Gasteiger partial charge is 0.479 e. The average molecular weight is 1060 g/mol. The monoisotopic (exact) mass is 1050 g/mol. The smallest absolute Gasteiger partial charge is 0.335 e. The van der Waals surface area contributed by atoms with Crippen molar-refractivity contribution in [1.29, 1.82) is 0 Å². The molecule has 0 bridgehead atoms. The van der Waals surface area contributed by atoms with Gasteiger partial charge in [0.15, 0.2) is 24.6 Å². The highest BCUT2D eigenvalue weighted by Crippen LogP contribution is 2.26. The van der Waals surface area contributed by atoms with Gasteiger partial charge in [0.05, 0.1) is 13.0 Å². The normalized spacial score (nSPS) is 18.7. The van der Waals surface area contributed by atoms with E-state index in [1.54, 1.807) is 6.08 Å². The Balaban J connectivity index is 2.72. The Bertz CT molecular complexity index is 1580. The number of aliphatic carboxylic acids is 1. The molecule has 1 rings (SSSR count). The first-order valence-corrected chi connectivity index (χ1v) is 29.9. The van der Waals surface area contributed by atoms with Gasteiger partial charge in [-0.3, -0.25) is 14.4 Å². The van der Waals surface area contributed by atoms with Crippen LogP contribution in [0.1, 0.15) is 252 Å². The summed E-state index contributed by atoms with van der Waals surface area (Å²) in [5.41, 5.74) is 0. The van der Waals surface area contributed by atoms with Crippen LogP contribution in [0.25, 0.3) is 0 Å². The van der Waals surface area contributed by atoms with Crippen LogP contribution < -0.4 is 0 Å². The van der Waals surface area contributed by atoms with Crippen LogP contribution in [0.5, 0.6) is 0 Å². The molecule has 6 unspecified atom stereocenters. The Morgan fingerprint density at radius 3 is 1.35 bits per heavy atom. The van der Waals surface area contributed by atoms with E-state index in [4.69, 9.17) is 23.7 Å². The lowest BCUT2D eigenvalue weighted by Gasteiger charge is -2.40. The second kappa shape index (κ2) is 50.9. The van der Waals surface area contributed by atoms with Crippen LogP contribution in [0.15, 0.2) is 72.9 Å². The van der Waals surface area contributed by atoms with Crippen molar-refractivity contribution < 1.29 is 58.2 Å². The number of ether oxygens (including phenoxy) is 5. The topological polar surface area (TPSA) is 175 Å². The number of unbranched alkanes of at least 4 members (excludes halogenated alkanes) is 25. The minimum absolute atomic E-state index is 0.0165. The molecule has 3 N–H and O–H groups in total. The van der Waals surface area contributed by atoms with Gasteiger partial charge in [0.1, 0.15) is 18.8 Å². The van der Waals surface area contributed by atoms with Crippen molar-refractivity contribution in [2.75, 3.05) is 13.2 Å². The quantitative estimate of drug-likeness (QED) is 0.0228. The predicted octanol–water partition coefficient (Wildman–Crippen LogP) is 15.3. The maximum atomic E-state index is 13.1. The van der Waals surface area contributed by atoms with Crippen molar-refractivity contribution in [2.45, 2.75) is 289 Å². The molecule has 0 aromatic heterocycles. The first kappa shape index (κ1) is 69.2. The predicted molar refractivity (Wildman–Crippen MR) is 303 cm³/mol. The number of carboxylic acids is 1. The summed E-state index contributed by atoms with van der Waals surface area (Å²) in [5.74, 6) is -3.29. The highest BCUT2D eigenvalue weighted by Gasteiger charge is 2.50. The lowest BCUT2D eigenvalue weighted by atomic mass is 9.98. The Kier molecular flexibility index (Phi) is 47.0. The van der Waals surface area contributed by atoms with Crippen molar-refractivity contribution in [2.24, 2.45) is 0 Å². The lowest BCUT2D eigenvalue weighted by molar-refractivity contribution is -0.301. The van der Waals surface area contributed by atoms with E-state index in [1.165, 1.54) is 103 Å². The summed E-state index contributed by atoms with van der Waals surface area (Å²) in [7, 11) is 0. The van der Waals surface area contributed by atoms with E-state index in [2.05, 4.69) is 75.5 Å². The molecule has 0 saturated carbocycles. The molecule has 75 heavy (non-hydrogen) atoms. The number of carboxylic acid groups (broad SMARTS) is 1. The molecule has 0 aromatic rings. The van der Waals surface area contributed by atoms with E-state index in [1.807, 2.05) is 12.2 Å². The molecule has 0 aromatic carbocycles. The molecule has 1 fully saturated rings. The second-order valence-electron chi connectivity index (χ2n) is 20.3. The van der Waals surface area contributed by atoms with Crippen LogP contribution in [-0.2, 0) is 42.9 Å². The van der Waals surface area contributed by atoms with Crippen molar-refractivity contribution in [3.8, 4) is 0 Å². The van der Waals surface area contributed by atoms with Crippen molar-refractivity contribution in [3.63, 3.8) is 0 Å². The fourth-order valence-corrected chi connectivity index (χ4v) is 8.73. The standard InChI is InChI=1S/C63H106O12/c1-4-7-10-13-16-19-22-25-27-28-30-33-36-39-42-45-48-51-57(66)74-61-59(68)58(67)60(62(69)70)75-63(61)72-53-54(73-56(65)50-47-44-41-38-35-31-24-21-18-15-12-9-6-3)52-71-55(64)49-46-43-40-37-34-32-29-26-23-20-17-14-11-8-5-2/h8,11,17,20-21,24,26,29,34,37,43,46,54,58-61,63,67-68H,4-7,9-10,12-16,18-19,22-23,25,27-28,30-33,35-36,38-42,44-45,47-53H2,1-3H3,(H,69,70)/b11-8-,20-17-,24-21-,29-26-,37-34-,46-43-. The molecule has 0 amide bonds. The fourth-order valence-electron chi connectivity index (χ4n) is 8.73. The SMILES string of the molecule is CC/C=C\C/C=C\C/C=C\C/C=C\C/C=C\CC(=O)OCC(COC1OC(C(=O)O)C(O)C(O)C1OC(=O)CCCCCCCCCCCCCCCCCCC)OC(=O)CCCCCCC/C=C\CCCCCC. The van der Waals surface area contributed by atoms with E-state index < -0.39 is 67.3 Å². The molecule has 0 radical (unpaired) electrons. The highest BCUT2D eigenvalue weighted by molar-refractivity contribution is 5.74. The summed E-state index contributed by atoms with van der Waals surface area (Å²) in [4.78, 5) is 51.0. The Hall–Kier alpha value is -3.84. The van der Waals surface area contributed by atoms with Gasteiger partial charge in [-0.25, -0.2) is 4.79 Å². The number of hydrogen-bond donors (Lipinski definition) is 3. The van der Waals surface area contributed by atoms with Crippen molar-refractivity contribution in [3.05, 3.63) is 72.9 Å². The lowest BCUT2D eigenvalue weighted by Crippen LogP contribution is -2.61. The number of aliphatic hydroxyl groups excluding tert-OH is 2. The molecule has 0 aliphatic carbocycles. The zero-order valence-corrected chi connectivity index (χ0v) is 47.3. The van der Waals surface area contributed by atoms with Crippen LogP contribution in [0, 0.1) is 0 Å². The molecule has 12 nitrogen and oxygen atoms in total. The Morgan fingerprint density at radius 2 is 0.880 bits per heavy atom. The number of allylic oxidation sites excluding steroid dienone is 11. The minimum Gasteiger partial charge on any atom is -0.479 e. The molecule has 1 aliphatic rings. The number of esters is 3. The molecule has 0 spiro atoms. The van der Waals surface area contributed by atoms with E-state index in [0.29, 0.717) is 19.3 Å². The third-order valence-corrected chi connectivity index (χ3v) is 13.3. The molecule has 430 valence electrons. The van der Waals surface area contributed by atoms with Crippen LogP contribution in [-0.4, -0.2) is 89.2 Å². The van der Waals surface area contributed by atoms with Gasteiger partial charge in [-0.15, -0.1) is 0 Å². The molecule has 1 aliphatic heterocycles. The van der Waals surface area contributed by atoms with E-state index in [-0.39, 0.29) is 25.9 Å². The molecular formula is C63H106O12. The van der Waals surface area contributed by atoms with E-state index in [0.717, 1.165) is 89.9 Å². The van der Waals surface area contributed by atoms with Gasteiger partial charge >= 0.3 is 23.9 Å². The van der Waals surface area contributed by atoms with Gasteiger partial charge in [0, 0.05) is 12.8 Å². The van der Waals surface area contributed by atoms with Gasteiger partial charge in [-0.05, 0) is 70.6 Å². The number of carbonyl (C=O) groups excluding carboxylic acids is 3. The van der Waals surface area contributed by atoms with Crippen LogP contribution in [0.2, 0.25) is 0 Å². The summed E-state index contributed by atoms with van der Waals surface area (Å²) in [6, 6.07) is 0. The number of aliphatic hydroxyl groups is 2. The van der Waals surface area contributed by atoms with Gasteiger partial charge in [-0.2, -0.15) is 0 Å². The molecule has 1 heterocycles. The number of hydrogen-bond acceptors (Lipinski definition) is 11. The number of rotatable bonds is 50. The van der Waals surface area contributed by atoms with Gasteiger partial charge in [-0.1, -0.05) is 235 Å². The molecular weight excluding hydrogens is 949 g/mol. The molecule has 6 atom stereocenters. The summed E-state index contributed by atoms with van der Waals surface area (Å²) in [5, 5.41) is 31.5. The van der Waals surface area contributed by atoms with Crippen LogP contribution >= 0.6 is 0 Å². The second-order valence-corrected chi connectivity index (χ2v) is 20.3. The summed E-state index contributed by atoms with van der Waals surface area (Å²) < 4.78 is 28.3. The Labute approximate surface area is 455 Å². The highest BCUT2D eigenvalue weighted by atomic mass is 16.7. The van der Waals surface area contributed by atoms with Crippen molar-refractivity contribution in [1.82, 2.24) is 0 Å². The average Bonchev–Trinajstić information content (AvgIpc) is 3.39. The zero-order chi connectivity index (χ0) is 54.7. The maximum Gasteiger partial charge on any atom is 0.335 e. The van der Waals surface area contributed by atoms with Gasteiger partial charge in [0.25, 0.3) is 0 Å². The third kappa shape index (κ3) is 41.0. The zero-order valence-electron chi connectivity index (χ0n) is 47.3. The van der Waals surface area contributed by atoms with Crippen LogP contribution in [0.3, 0.4) is 0 Å². The van der Waals surface area contributed by atoms with Gasteiger partial charge < -0.3 is 39.0 Å². The van der Waals surface area contributed by atoms with E-state index >= 15 is 0 Å². The minimum atomic E-state index is -1.91. The Morgan fingerprint density at radius 1 is 0.467 bits per heavy atom. The molecule has 1 saturated heterocycles. The summed E-state index contributed by atoms with van der Waals surface area (Å²) in [6.45, 7) is 5.78. The number of carbonyl (C=O) groups is 4. The summed E-state index contributed by atoms with van der Waals surface area (Å²) in [6.07, 6.45) is 51.9.